The van der Waals surface area contributed by atoms with E-state index in [-0.39, 0.29) is 6.03 Å². The van der Waals surface area contributed by atoms with Gasteiger partial charge in [0.1, 0.15) is 17.0 Å². The minimum Gasteiger partial charge on any atom is -0.475 e. The standard InChI is InChI=1S/C16H20BrN5O3S/c1-2-3-18-15(23)21-16-19-12-10-11(17)13(20-14(12)26-16)25-9-6-22-4-7-24-8-5-22/h2,10H,1,3-9H2,(H2,18,19,21,23). The van der Waals surface area contributed by atoms with Crippen LogP contribution in [0.25, 0.3) is 10.3 Å². The van der Waals surface area contributed by atoms with Gasteiger partial charge in [0.05, 0.1) is 17.7 Å². The average molecular weight is 442 g/mol. The second-order valence-corrected chi connectivity index (χ2v) is 7.38. The van der Waals surface area contributed by atoms with E-state index in [1.165, 1.54) is 11.3 Å². The molecule has 140 valence electrons. The highest BCUT2D eigenvalue weighted by Gasteiger charge is 2.14. The maximum absolute atomic E-state index is 11.7. The lowest BCUT2D eigenvalue weighted by atomic mass is 10.4. The highest BCUT2D eigenvalue weighted by atomic mass is 79.9. The molecule has 1 aliphatic heterocycles. The first kappa shape index (κ1) is 19.0. The summed E-state index contributed by atoms with van der Waals surface area (Å²) in [5.74, 6) is 0.525. The number of morpholine rings is 1. The van der Waals surface area contributed by atoms with E-state index in [1.807, 2.05) is 6.07 Å². The fourth-order valence-electron chi connectivity index (χ4n) is 2.38. The predicted octanol–water partition coefficient (Wildman–Crippen LogP) is 2.47. The summed E-state index contributed by atoms with van der Waals surface area (Å²) in [7, 11) is 0. The third kappa shape index (κ3) is 5.13. The van der Waals surface area contributed by atoms with Gasteiger partial charge in [-0.05, 0) is 22.0 Å². The van der Waals surface area contributed by atoms with E-state index in [1.54, 1.807) is 6.08 Å². The molecular formula is C16H20BrN5O3S. The molecule has 2 aromatic heterocycles. The largest absolute Gasteiger partial charge is 0.475 e. The highest BCUT2D eigenvalue weighted by molar-refractivity contribution is 9.10. The normalized spacial score (nSPS) is 15.0. The van der Waals surface area contributed by atoms with Crippen LogP contribution in [0, 0.1) is 0 Å². The van der Waals surface area contributed by atoms with Crippen LogP contribution >= 0.6 is 27.3 Å². The number of halogens is 1. The monoisotopic (exact) mass is 441 g/mol. The number of nitrogens with zero attached hydrogens (tertiary/aromatic N) is 3. The van der Waals surface area contributed by atoms with E-state index in [4.69, 9.17) is 9.47 Å². The molecule has 0 bridgehead atoms. The van der Waals surface area contributed by atoms with Crippen LogP contribution in [0.5, 0.6) is 5.88 Å². The summed E-state index contributed by atoms with van der Waals surface area (Å²) in [5, 5.41) is 5.80. The second kappa shape index (κ2) is 9.26. The molecule has 26 heavy (non-hydrogen) atoms. The summed E-state index contributed by atoms with van der Waals surface area (Å²) in [6, 6.07) is 1.51. The SMILES string of the molecule is C=CCNC(=O)Nc1nc2cc(Br)c(OCCN3CCOCC3)nc2s1. The first-order valence-corrected chi connectivity index (χ1v) is 9.82. The number of aromatic nitrogens is 2. The highest BCUT2D eigenvalue weighted by Crippen LogP contribution is 2.31. The van der Waals surface area contributed by atoms with Gasteiger partial charge in [-0.3, -0.25) is 10.2 Å². The van der Waals surface area contributed by atoms with Crippen LogP contribution < -0.4 is 15.4 Å². The van der Waals surface area contributed by atoms with Crippen LogP contribution in [0.1, 0.15) is 0 Å². The van der Waals surface area contributed by atoms with Gasteiger partial charge in [-0.25, -0.2) is 9.78 Å². The van der Waals surface area contributed by atoms with Crippen molar-refractivity contribution in [2.75, 3.05) is 51.3 Å². The molecule has 0 atom stereocenters. The summed E-state index contributed by atoms with van der Waals surface area (Å²) in [6.45, 7) is 8.71. The van der Waals surface area contributed by atoms with Crippen LogP contribution in [-0.2, 0) is 4.74 Å². The summed E-state index contributed by atoms with van der Waals surface area (Å²) in [6.07, 6.45) is 1.61. The number of rotatable bonds is 7. The Balaban J connectivity index is 1.61. The Kier molecular flexibility index (Phi) is 6.78. The maximum Gasteiger partial charge on any atom is 0.321 e. The lowest BCUT2D eigenvalue weighted by Gasteiger charge is -2.26. The smallest absolute Gasteiger partial charge is 0.321 e. The van der Waals surface area contributed by atoms with Crippen LogP contribution in [0.4, 0.5) is 9.93 Å². The van der Waals surface area contributed by atoms with Crippen LogP contribution in [-0.4, -0.2) is 66.9 Å². The number of carbonyl (C=O) groups is 1. The number of hydrogen-bond acceptors (Lipinski definition) is 7. The molecule has 2 aromatic rings. The van der Waals surface area contributed by atoms with Gasteiger partial charge in [0, 0.05) is 26.2 Å². The number of urea groups is 1. The zero-order chi connectivity index (χ0) is 18.4. The van der Waals surface area contributed by atoms with Crippen molar-refractivity contribution < 1.29 is 14.3 Å². The van der Waals surface area contributed by atoms with Crippen molar-refractivity contribution in [1.82, 2.24) is 20.2 Å². The predicted molar refractivity (Wildman–Crippen MR) is 105 cm³/mol. The quantitative estimate of drug-likeness (QED) is 0.641. The number of fused-ring (bicyclic) bond motifs is 1. The van der Waals surface area contributed by atoms with E-state index >= 15 is 0 Å². The fourth-order valence-corrected chi connectivity index (χ4v) is 3.61. The topological polar surface area (TPSA) is 88.6 Å². The van der Waals surface area contributed by atoms with Crippen LogP contribution in [0.15, 0.2) is 23.2 Å². The van der Waals surface area contributed by atoms with Gasteiger partial charge < -0.3 is 14.8 Å². The number of ether oxygens (including phenoxy) is 2. The zero-order valence-electron chi connectivity index (χ0n) is 14.2. The molecule has 3 heterocycles. The number of thiazole rings is 1. The number of hydrogen-bond donors (Lipinski definition) is 2. The molecule has 2 N–H and O–H groups in total. The van der Waals surface area contributed by atoms with Crippen molar-refractivity contribution in [1.29, 1.82) is 0 Å². The summed E-state index contributed by atoms with van der Waals surface area (Å²) in [4.78, 5) is 23.6. The van der Waals surface area contributed by atoms with Crippen LogP contribution in [0.2, 0.25) is 0 Å². The minimum atomic E-state index is -0.329. The summed E-state index contributed by atoms with van der Waals surface area (Å²) < 4.78 is 11.9. The van der Waals surface area contributed by atoms with Gasteiger partial charge in [0.15, 0.2) is 5.13 Å². The molecule has 0 spiro atoms. The number of nitrogens with one attached hydrogen (secondary N) is 2. The van der Waals surface area contributed by atoms with Gasteiger partial charge in [0.2, 0.25) is 5.88 Å². The molecule has 8 nitrogen and oxygen atoms in total. The third-order valence-corrected chi connectivity index (χ3v) is 5.13. The molecule has 0 aromatic carbocycles. The number of carbonyl (C=O) groups excluding carboxylic acids is 1. The molecule has 0 radical (unpaired) electrons. The van der Waals surface area contributed by atoms with E-state index < -0.39 is 0 Å². The van der Waals surface area contributed by atoms with Gasteiger partial charge >= 0.3 is 6.03 Å². The molecule has 1 saturated heterocycles. The van der Waals surface area contributed by atoms with Gasteiger partial charge in [0.25, 0.3) is 0 Å². The Morgan fingerprint density at radius 2 is 2.27 bits per heavy atom. The van der Waals surface area contributed by atoms with Crippen molar-refractivity contribution in [3.63, 3.8) is 0 Å². The Bertz CT molecular complexity index is 779. The fraction of sp³-hybridized carbons (Fsp3) is 0.438. The van der Waals surface area contributed by atoms with E-state index in [0.717, 1.165) is 37.3 Å². The number of pyridine rings is 1. The summed E-state index contributed by atoms with van der Waals surface area (Å²) >= 11 is 4.77. The third-order valence-electron chi connectivity index (χ3n) is 3.68. The first-order chi connectivity index (χ1) is 12.7. The molecule has 0 aliphatic carbocycles. The van der Waals surface area contributed by atoms with E-state index in [0.29, 0.717) is 34.5 Å². The van der Waals surface area contributed by atoms with E-state index in [9.17, 15) is 4.79 Å². The molecule has 1 fully saturated rings. The van der Waals surface area contributed by atoms with E-state index in [2.05, 4.69) is 48.0 Å². The van der Waals surface area contributed by atoms with Crippen molar-refractivity contribution >= 4 is 48.8 Å². The van der Waals surface area contributed by atoms with Crippen molar-refractivity contribution in [3.05, 3.63) is 23.2 Å². The van der Waals surface area contributed by atoms with Crippen molar-refractivity contribution in [2.24, 2.45) is 0 Å². The molecule has 0 saturated carbocycles. The lowest BCUT2D eigenvalue weighted by molar-refractivity contribution is 0.0320. The minimum absolute atomic E-state index is 0.329. The molecule has 1 aliphatic rings. The molecule has 0 unspecified atom stereocenters. The average Bonchev–Trinajstić information content (AvgIpc) is 3.01. The molecule has 3 rings (SSSR count). The molecular weight excluding hydrogens is 422 g/mol. The van der Waals surface area contributed by atoms with Gasteiger partial charge in [-0.2, -0.15) is 4.98 Å². The summed E-state index contributed by atoms with van der Waals surface area (Å²) in [5.41, 5.74) is 0.696. The van der Waals surface area contributed by atoms with Crippen LogP contribution in [0.3, 0.4) is 0 Å². The molecule has 2 amide bonds. The zero-order valence-corrected chi connectivity index (χ0v) is 16.6. The lowest BCUT2D eigenvalue weighted by Crippen LogP contribution is -2.38. The number of amides is 2. The van der Waals surface area contributed by atoms with Crippen molar-refractivity contribution in [2.45, 2.75) is 0 Å². The molecule has 10 heteroatoms. The van der Waals surface area contributed by atoms with Crippen molar-refractivity contribution in [3.8, 4) is 5.88 Å². The second-order valence-electron chi connectivity index (χ2n) is 5.54. The number of anilines is 1. The Labute approximate surface area is 163 Å². The Hall–Kier alpha value is -1.75. The maximum atomic E-state index is 11.7. The van der Waals surface area contributed by atoms with Gasteiger partial charge in [-0.15, -0.1) is 6.58 Å². The Morgan fingerprint density at radius 3 is 3.04 bits per heavy atom. The first-order valence-electron chi connectivity index (χ1n) is 8.21. The van der Waals surface area contributed by atoms with Gasteiger partial charge in [-0.1, -0.05) is 17.4 Å². The Morgan fingerprint density at radius 1 is 1.46 bits per heavy atom.